The molecule has 2 rings (SSSR count). The van der Waals surface area contributed by atoms with Crippen molar-refractivity contribution in [3.63, 3.8) is 0 Å². The Labute approximate surface area is 133 Å². The molecule has 2 aromatic rings. The molecule has 0 bridgehead atoms. The quantitative estimate of drug-likeness (QED) is 0.895. The molecular formula is C16H15Cl2NO2. The van der Waals surface area contributed by atoms with Crippen molar-refractivity contribution in [2.75, 3.05) is 6.54 Å². The Balaban J connectivity index is 1.83. The van der Waals surface area contributed by atoms with E-state index in [2.05, 4.69) is 5.32 Å². The van der Waals surface area contributed by atoms with Crippen LogP contribution in [0.4, 0.5) is 0 Å². The van der Waals surface area contributed by atoms with Crippen LogP contribution in [0.25, 0.3) is 0 Å². The van der Waals surface area contributed by atoms with E-state index in [1.807, 2.05) is 6.92 Å². The maximum Gasteiger partial charge on any atom is 0.251 e. The van der Waals surface area contributed by atoms with Gasteiger partial charge < -0.3 is 10.1 Å². The molecule has 0 aliphatic carbocycles. The summed E-state index contributed by atoms with van der Waals surface area (Å²) in [4.78, 5) is 11.9. The van der Waals surface area contributed by atoms with E-state index in [4.69, 9.17) is 27.9 Å². The van der Waals surface area contributed by atoms with Crippen LogP contribution in [0.2, 0.25) is 10.0 Å². The average Bonchev–Trinajstić information content (AvgIpc) is 2.48. The first-order chi connectivity index (χ1) is 10.0. The first-order valence-electron chi connectivity index (χ1n) is 6.50. The van der Waals surface area contributed by atoms with Gasteiger partial charge in [0.25, 0.3) is 5.91 Å². The number of hydrogen-bond acceptors (Lipinski definition) is 2. The van der Waals surface area contributed by atoms with E-state index in [-0.39, 0.29) is 12.0 Å². The zero-order valence-electron chi connectivity index (χ0n) is 11.5. The third kappa shape index (κ3) is 4.96. The number of hydrogen-bond donors (Lipinski definition) is 1. The fourth-order valence-electron chi connectivity index (χ4n) is 1.73. The van der Waals surface area contributed by atoms with Crippen LogP contribution in [0, 0.1) is 0 Å². The zero-order chi connectivity index (χ0) is 15.2. The lowest BCUT2D eigenvalue weighted by molar-refractivity contribution is 0.0932. The second kappa shape index (κ2) is 7.34. The molecule has 1 amide bonds. The molecule has 3 nitrogen and oxygen atoms in total. The molecule has 110 valence electrons. The third-order valence-corrected chi connectivity index (χ3v) is 3.31. The minimum Gasteiger partial charge on any atom is -0.489 e. The highest BCUT2D eigenvalue weighted by Crippen LogP contribution is 2.16. The van der Waals surface area contributed by atoms with Crippen LogP contribution in [0.1, 0.15) is 17.3 Å². The molecule has 1 atom stereocenters. The largest absolute Gasteiger partial charge is 0.489 e. The van der Waals surface area contributed by atoms with Crippen molar-refractivity contribution in [2.24, 2.45) is 0 Å². The summed E-state index contributed by atoms with van der Waals surface area (Å²) in [5, 5.41) is 4.08. The van der Waals surface area contributed by atoms with E-state index in [1.54, 1.807) is 48.5 Å². The number of rotatable bonds is 5. The van der Waals surface area contributed by atoms with Crippen molar-refractivity contribution in [1.82, 2.24) is 5.32 Å². The van der Waals surface area contributed by atoms with Crippen molar-refractivity contribution in [3.8, 4) is 5.75 Å². The number of ether oxygens (including phenoxy) is 1. The summed E-state index contributed by atoms with van der Waals surface area (Å²) in [6.45, 7) is 2.29. The van der Waals surface area contributed by atoms with Crippen molar-refractivity contribution >= 4 is 29.1 Å². The number of halogens is 2. The Morgan fingerprint density at radius 2 is 1.57 bits per heavy atom. The van der Waals surface area contributed by atoms with Crippen molar-refractivity contribution in [3.05, 3.63) is 64.1 Å². The molecule has 0 aromatic heterocycles. The van der Waals surface area contributed by atoms with Crippen LogP contribution in [0.3, 0.4) is 0 Å². The third-order valence-electron chi connectivity index (χ3n) is 2.81. The Morgan fingerprint density at radius 1 is 1.05 bits per heavy atom. The predicted octanol–water partition coefficient (Wildman–Crippen LogP) is 4.19. The number of benzene rings is 2. The van der Waals surface area contributed by atoms with Crippen LogP contribution in [0.15, 0.2) is 48.5 Å². The van der Waals surface area contributed by atoms with E-state index in [0.717, 1.165) is 0 Å². The molecule has 0 radical (unpaired) electrons. The minimum absolute atomic E-state index is 0.151. The topological polar surface area (TPSA) is 38.3 Å². The van der Waals surface area contributed by atoms with Crippen LogP contribution >= 0.6 is 23.2 Å². The summed E-state index contributed by atoms with van der Waals surface area (Å²) in [6, 6.07) is 13.8. The summed E-state index contributed by atoms with van der Waals surface area (Å²) in [5.74, 6) is 0.561. The summed E-state index contributed by atoms with van der Waals surface area (Å²) in [6.07, 6.45) is -0.151. The average molecular weight is 324 g/mol. The van der Waals surface area contributed by atoms with E-state index in [0.29, 0.717) is 27.9 Å². The summed E-state index contributed by atoms with van der Waals surface area (Å²) < 4.78 is 5.68. The lowest BCUT2D eigenvalue weighted by Crippen LogP contribution is -2.33. The molecule has 21 heavy (non-hydrogen) atoms. The van der Waals surface area contributed by atoms with Gasteiger partial charge in [0.05, 0.1) is 6.54 Å². The SMILES string of the molecule is C[C@H](CNC(=O)c1ccc(Cl)cc1)Oc1ccc(Cl)cc1. The van der Waals surface area contributed by atoms with Gasteiger partial charge in [-0.15, -0.1) is 0 Å². The van der Waals surface area contributed by atoms with Crippen molar-refractivity contribution < 1.29 is 9.53 Å². The lowest BCUT2D eigenvalue weighted by Gasteiger charge is -2.15. The maximum atomic E-state index is 11.9. The number of amides is 1. The molecule has 0 saturated carbocycles. The van der Waals surface area contributed by atoms with Gasteiger partial charge >= 0.3 is 0 Å². The molecule has 0 heterocycles. The molecule has 0 unspecified atom stereocenters. The Kier molecular flexibility index (Phi) is 5.48. The van der Waals surface area contributed by atoms with E-state index in [9.17, 15) is 4.79 Å². The number of carbonyl (C=O) groups is 1. The van der Waals surface area contributed by atoms with Gasteiger partial charge in [-0.05, 0) is 55.5 Å². The highest BCUT2D eigenvalue weighted by Gasteiger charge is 2.09. The molecule has 0 aliphatic heterocycles. The molecule has 2 aromatic carbocycles. The number of carbonyl (C=O) groups excluding carboxylic acids is 1. The van der Waals surface area contributed by atoms with Gasteiger partial charge in [-0.3, -0.25) is 4.79 Å². The smallest absolute Gasteiger partial charge is 0.251 e. The molecule has 0 saturated heterocycles. The predicted molar refractivity (Wildman–Crippen MR) is 85.3 cm³/mol. The van der Waals surface area contributed by atoms with Gasteiger partial charge in [0.15, 0.2) is 0 Å². The van der Waals surface area contributed by atoms with Crippen LogP contribution in [-0.2, 0) is 0 Å². The molecule has 5 heteroatoms. The second-order valence-electron chi connectivity index (χ2n) is 4.60. The second-order valence-corrected chi connectivity index (χ2v) is 5.47. The van der Waals surface area contributed by atoms with Crippen LogP contribution in [0.5, 0.6) is 5.75 Å². The summed E-state index contributed by atoms with van der Waals surface area (Å²) >= 11 is 11.6. The fourth-order valence-corrected chi connectivity index (χ4v) is 1.98. The van der Waals surface area contributed by atoms with E-state index >= 15 is 0 Å². The van der Waals surface area contributed by atoms with Gasteiger partial charge in [0.2, 0.25) is 0 Å². The van der Waals surface area contributed by atoms with E-state index in [1.165, 1.54) is 0 Å². The summed E-state index contributed by atoms with van der Waals surface area (Å²) in [7, 11) is 0. The molecule has 0 spiro atoms. The van der Waals surface area contributed by atoms with Crippen molar-refractivity contribution in [1.29, 1.82) is 0 Å². The standard InChI is InChI=1S/C16H15Cl2NO2/c1-11(21-15-8-6-14(18)7-9-15)10-19-16(20)12-2-4-13(17)5-3-12/h2-9,11H,10H2,1H3,(H,19,20)/t11-/m1/s1. The Bertz CT molecular complexity index is 597. The Morgan fingerprint density at radius 3 is 2.14 bits per heavy atom. The normalized spacial score (nSPS) is 11.8. The molecule has 1 N–H and O–H groups in total. The van der Waals surface area contributed by atoms with Gasteiger partial charge in [0.1, 0.15) is 11.9 Å². The monoisotopic (exact) mass is 323 g/mol. The lowest BCUT2D eigenvalue weighted by atomic mass is 10.2. The molecule has 0 fully saturated rings. The Hall–Kier alpha value is -1.71. The summed E-state index contributed by atoms with van der Waals surface area (Å²) in [5.41, 5.74) is 0.568. The van der Waals surface area contributed by atoms with Gasteiger partial charge in [-0.25, -0.2) is 0 Å². The van der Waals surface area contributed by atoms with Gasteiger partial charge in [-0.2, -0.15) is 0 Å². The van der Waals surface area contributed by atoms with Crippen LogP contribution in [-0.4, -0.2) is 18.6 Å². The first-order valence-corrected chi connectivity index (χ1v) is 7.26. The van der Waals surface area contributed by atoms with Crippen LogP contribution < -0.4 is 10.1 Å². The fraction of sp³-hybridized carbons (Fsp3) is 0.188. The van der Waals surface area contributed by atoms with Gasteiger partial charge in [0, 0.05) is 15.6 Å². The zero-order valence-corrected chi connectivity index (χ0v) is 13.0. The highest BCUT2D eigenvalue weighted by molar-refractivity contribution is 6.30. The van der Waals surface area contributed by atoms with E-state index < -0.39 is 0 Å². The number of nitrogens with one attached hydrogen (secondary N) is 1. The van der Waals surface area contributed by atoms with Gasteiger partial charge in [-0.1, -0.05) is 23.2 Å². The first kappa shape index (κ1) is 15.7. The maximum absolute atomic E-state index is 11.9. The molecule has 0 aliphatic rings. The van der Waals surface area contributed by atoms with Crippen molar-refractivity contribution in [2.45, 2.75) is 13.0 Å². The highest BCUT2D eigenvalue weighted by atomic mass is 35.5. The molecular weight excluding hydrogens is 309 g/mol. The minimum atomic E-state index is -0.154.